The van der Waals surface area contributed by atoms with Gasteiger partial charge < -0.3 is 14.2 Å². The lowest BCUT2D eigenvalue weighted by Gasteiger charge is -2.18. The third-order valence-corrected chi connectivity index (χ3v) is 13.9. The van der Waals surface area contributed by atoms with Crippen LogP contribution in [0.4, 0.5) is 0 Å². The van der Waals surface area contributed by atoms with Gasteiger partial charge in [0.05, 0.1) is 0 Å². The van der Waals surface area contributed by atoms with Crippen LogP contribution in [-0.4, -0.2) is 37.2 Å². The summed E-state index contributed by atoms with van der Waals surface area (Å²) >= 11 is 0. The van der Waals surface area contributed by atoms with Crippen molar-refractivity contribution in [1.29, 1.82) is 0 Å². The first kappa shape index (κ1) is 66.9. The van der Waals surface area contributed by atoms with Gasteiger partial charge in [0.15, 0.2) is 6.10 Å². The number of unbranched alkanes of at least 4 members (excludes halogenated alkanes) is 42. The summed E-state index contributed by atoms with van der Waals surface area (Å²) in [6, 6.07) is 0. The fraction of sp³-hybridized carbons (Fsp3) is 0.889. The van der Waals surface area contributed by atoms with Crippen molar-refractivity contribution in [3.8, 4) is 0 Å². The van der Waals surface area contributed by atoms with Gasteiger partial charge in [0.25, 0.3) is 0 Å². The maximum atomic E-state index is 12.9. The number of esters is 3. The first-order valence-corrected chi connectivity index (χ1v) is 30.8. The Hall–Kier alpha value is -2.11. The lowest BCUT2D eigenvalue weighted by Crippen LogP contribution is -2.30. The van der Waals surface area contributed by atoms with Crippen molar-refractivity contribution in [2.75, 3.05) is 13.2 Å². The second kappa shape index (κ2) is 58.5. The summed E-state index contributed by atoms with van der Waals surface area (Å²) in [6.45, 7) is 6.68. The van der Waals surface area contributed by atoms with E-state index in [1.165, 1.54) is 238 Å². The van der Waals surface area contributed by atoms with Crippen LogP contribution in [0.1, 0.15) is 342 Å². The normalized spacial score (nSPS) is 12.1. The van der Waals surface area contributed by atoms with Gasteiger partial charge in [-0.25, -0.2) is 0 Å². The predicted octanol–water partition coefficient (Wildman–Crippen LogP) is 20.7. The minimum Gasteiger partial charge on any atom is -0.462 e. The number of carbonyl (C=O) groups excluding carboxylic acids is 3. The summed E-state index contributed by atoms with van der Waals surface area (Å²) in [6.07, 6.45) is 68.9. The van der Waals surface area contributed by atoms with Crippen molar-refractivity contribution >= 4 is 17.9 Å². The van der Waals surface area contributed by atoms with E-state index in [2.05, 4.69) is 45.1 Å². The Labute approximate surface area is 430 Å². The van der Waals surface area contributed by atoms with Gasteiger partial charge in [-0.1, -0.05) is 276 Å². The Bertz CT molecular complexity index is 1110. The molecule has 0 aromatic heterocycles. The fourth-order valence-corrected chi connectivity index (χ4v) is 9.26. The zero-order valence-electron chi connectivity index (χ0n) is 46.6. The van der Waals surface area contributed by atoms with Crippen LogP contribution in [0.5, 0.6) is 0 Å². The molecule has 0 aromatic carbocycles. The molecule has 0 saturated carbocycles. The van der Waals surface area contributed by atoms with Crippen LogP contribution in [-0.2, 0) is 28.6 Å². The molecule has 0 aromatic rings. The summed E-state index contributed by atoms with van der Waals surface area (Å²) in [5.41, 5.74) is 0. The molecule has 6 heteroatoms. The largest absolute Gasteiger partial charge is 0.462 e. The van der Waals surface area contributed by atoms with Crippen molar-refractivity contribution in [2.45, 2.75) is 348 Å². The first-order valence-electron chi connectivity index (χ1n) is 30.8. The molecular formula is C63H118O6. The van der Waals surface area contributed by atoms with E-state index in [1.807, 2.05) is 0 Å². The molecule has 406 valence electrons. The predicted molar refractivity (Wildman–Crippen MR) is 298 cm³/mol. The van der Waals surface area contributed by atoms with Gasteiger partial charge in [-0.15, -0.1) is 0 Å². The molecule has 0 fully saturated rings. The molecule has 0 aliphatic heterocycles. The highest BCUT2D eigenvalue weighted by molar-refractivity contribution is 5.71. The van der Waals surface area contributed by atoms with Crippen LogP contribution >= 0.6 is 0 Å². The van der Waals surface area contributed by atoms with E-state index in [-0.39, 0.29) is 31.1 Å². The van der Waals surface area contributed by atoms with Crippen LogP contribution in [0.2, 0.25) is 0 Å². The molecule has 0 heterocycles. The molecule has 0 amide bonds. The maximum Gasteiger partial charge on any atom is 0.306 e. The van der Waals surface area contributed by atoms with Gasteiger partial charge >= 0.3 is 17.9 Å². The van der Waals surface area contributed by atoms with Gasteiger partial charge in [0.1, 0.15) is 13.2 Å². The molecule has 6 nitrogen and oxygen atoms in total. The molecule has 1 atom stereocenters. The van der Waals surface area contributed by atoms with Crippen molar-refractivity contribution < 1.29 is 28.6 Å². The minimum atomic E-state index is -0.774. The molecule has 0 N–H and O–H groups in total. The molecule has 0 unspecified atom stereocenters. The lowest BCUT2D eigenvalue weighted by molar-refractivity contribution is -0.167. The van der Waals surface area contributed by atoms with Gasteiger partial charge in [0, 0.05) is 19.3 Å². The Morgan fingerprint density at radius 2 is 0.478 bits per heavy atom. The monoisotopic (exact) mass is 971 g/mol. The molecule has 0 aliphatic carbocycles. The summed E-state index contributed by atoms with van der Waals surface area (Å²) in [5.74, 6) is -0.860. The third kappa shape index (κ3) is 56.7. The quantitative estimate of drug-likeness (QED) is 0.0261. The zero-order valence-corrected chi connectivity index (χ0v) is 46.6. The molecule has 69 heavy (non-hydrogen) atoms. The summed E-state index contributed by atoms with van der Waals surface area (Å²) in [5, 5.41) is 0. The highest BCUT2D eigenvalue weighted by Crippen LogP contribution is 2.17. The van der Waals surface area contributed by atoms with Gasteiger partial charge in [0.2, 0.25) is 0 Å². The van der Waals surface area contributed by atoms with Crippen LogP contribution in [0.3, 0.4) is 0 Å². The van der Waals surface area contributed by atoms with E-state index in [9.17, 15) is 14.4 Å². The minimum absolute atomic E-state index is 0.0712. The number of carbonyl (C=O) groups is 3. The van der Waals surface area contributed by atoms with E-state index in [4.69, 9.17) is 14.2 Å². The number of allylic oxidation sites excluding steroid dienone is 4. The molecule has 0 saturated heterocycles. The molecular weight excluding hydrogens is 853 g/mol. The smallest absolute Gasteiger partial charge is 0.306 e. The Kier molecular flexibility index (Phi) is 56.7. The highest BCUT2D eigenvalue weighted by Gasteiger charge is 2.19. The number of hydrogen-bond acceptors (Lipinski definition) is 6. The van der Waals surface area contributed by atoms with Crippen molar-refractivity contribution in [1.82, 2.24) is 0 Å². The summed E-state index contributed by atoms with van der Waals surface area (Å²) < 4.78 is 16.9. The first-order chi connectivity index (χ1) is 34.0. The molecule has 0 radical (unpaired) electrons. The Morgan fingerprint density at radius 1 is 0.275 bits per heavy atom. The number of ether oxygens (including phenoxy) is 3. The Morgan fingerprint density at radius 3 is 0.725 bits per heavy atom. The summed E-state index contributed by atoms with van der Waals surface area (Å²) in [7, 11) is 0. The Balaban J connectivity index is 4.32. The van der Waals surface area contributed by atoms with Gasteiger partial charge in [-0.3, -0.25) is 14.4 Å². The van der Waals surface area contributed by atoms with Crippen molar-refractivity contribution in [3.63, 3.8) is 0 Å². The highest BCUT2D eigenvalue weighted by atomic mass is 16.6. The molecule has 0 spiro atoms. The van der Waals surface area contributed by atoms with E-state index >= 15 is 0 Å². The van der Waals surface area contributed by atoms with Gasteiger partial charge in [-0.2, -0.15) is 0 Å². The van der Waals surface area contributed by atoms with Gasteiger partial charge in [-0.05, 0) is 70.6 Å². The number of hydrogen-bond donors (Lipinski definition) is 0. The third-order valence-electron chi connectivity index (χ3n) is 13.9. The van der Waals surface area contributed by atoms with Crippen molar-refractivity contribution in [3.05, 3.63) is 24.3 Å². The SMILES string of the molecule is CCCCCCCC/C=C\CCCCCCCCCC(=O)OC[C@H](COC(=O)CCCCCCCCCCCCCCCCCCCCC)OC(=O)CCCCCCC/C=C\CCCCCCCC. The second-order valence-electron chi connectivity index (χ2n) is 21.0. The van der Waals surface area contributed by atoms with Crippen LogP contribution in [0.15, 0.2) is 24.3 Å². The van der Waals surface area contributed by atoms with Crippen LogP contribution in [0.25, 0.3) is 0 Å². The van der Waals surface area contributed by atoms with Crippen LogP contribution in [0, 0.1) is 0 Å². The van der Waals surface area contributed by atoms with Crippen molar-refractivity contribution in [2.24, 2.45) is 0 Å². The van der Waals surface area contributed by atoms with E-state index in [0.717, 1.165) is 64.2 Å². The second-order valence-corrected chi connectivity index (χ2v) is 21.0. The average molecular weight is 972 g/mol. The maximum absolute atomic E-state index is 12.9. The standard InChI is InChI=1S/C63H118O6/c1-4-7-10-13-16-19-22-25-28-30-31-33-36-38-41-44-47-50-53-56-62(65)68-59-60(69-63(66)57-54-51-48-45-42-39-34-27-24-21-18-15-12-9-6-3)58-67-61(64)55-52-49-46-43-40-37-35-32-29-26-23-20-17-14-11-8-5-2/h26-27,29,34,60H,4-25,28,30-33,35-59H2,1-3H3/b29-26-,34-27-/t60-/m1/s1. The zero-order chi connectivity index (χ0) is 50.0. The fourth-order valence-electron chi connectivity index (χ4n) is 9.26. The van der Waals surface area contributed by atoms with E-state index < -0.39 is 6.10 Å². The summed E-state index contributed by atoms with van der Waals surface area (Å²) in [4.78, 5) is 38.2. The van der Waals surface area contributed by atoms with E-state index in [0.29, 0.717) is 19.3 Å². The molecule has 0 rings (SSSR count). The lowest BCUT2D eigenvalue weighted by atomic mass is 10.0. The topological polar surface area (TPSA) is 78.9 Å². The molecule has 0 aliphatic rings. The van der Waals surface area contributed by atoms with E-state index in [1.54, 1.807) is 0 Å². The number of rotatable bonds is 57. The average Bonchev–Trinajstić information content (AvgIpc) is 3.35. The van der Waals surface area contributed by atoms with Crippen LogP contribution < -0.4 is 0 Å². The molecule has 0 bridgehead atoms.